The maximum Gasteiger partial charge on any atom is 0.264 e. The lowest BCUT2D eigenvalue weighted by atomic mass is 10.1. The largest absolute Gasteiger partial charge is 0.352 e. The van der Waals surface area contributed by atoms with Crippen LogP contribution in [0.1, 0.15) is 35.8 Å². The van der Waals surface area contributed by atoms with E-state index in [9.17, 15) is 4.79 Å². The Labute approximate surface area is 208 Å². The maximum atomic E-state index is 12.8. The van der Waals surface area contributed by atoms with Crippen LogP contribution in [0, 0.1) is 5.92 Å². The number of amides is 1. The SMILES string of the molecule is CC(C)CCc1nc(N2CCN(C(=O)c3cccs3)CC2)c2cnn(-c3cccc(Cl)c3)c2n1. The lowest BCUT2D eigenvalue weighted by Crippen LogP contribution is -2.49. The van der Waals surface area contributed by atoms with Gasteiger partial charge in [-0.05, 0) is 42.0 Å². The highest BCUT2D eigenvalue weighted by atomic mass is 35.5. The average molecular weight is 495 g/mol. The van der Waals surface area contributed by atoms with Crippen molar-refractivity contribution in [3.8, 4) is 5.69 Å². The number of aromatic nitrogens is 4. The molecule has 5 rings (SSSR count). The fourth-order valence-electron chi connectivity index (χ4n) is 4.18. The first-order chi connectivity index (χ1) is 16.5. The molecule has 1 aliphatic rings. The molecule has 0 bridgehead atoms. The third kappa shape index (κ3) is 4.65. The molecule has 3 aromatic heterocycles. The van der Waals surface area contributed by atoms with E-state index in [1.807, 2.05) is 57.6 Å². The van der Waals surface area contributed by atoms with Crippen LogP contribution >= 0.6 is 22.9 Å². The van der Waals surface area contributed by atoms with Crippen molar-refractivity contribution in [3.05, 3.63) is 63.7 Å². The van der Waals surface area contributed by atoms with E-state index in [0.717, 1.165) is 59.2 Å². The third-order valence-electron chi connectivity index (χ3n) is 6.05. The molecule has 0 radical (unpaired) electrons. The molecule has 1 fully saturated rings. The number of carbonyl (C=O) groups excluding carboxylic acids is 1. The number of anilines is 1. The van der Waals surface area contributed by atoms with Crippen LogP contribution in [0.2, 0.25) is 5.02 Å². The minimum atomic E-state index is 0.105. The number of nitrogens with zero attached hydrogens (tertiary/aromatic N) is 6. The van der Waals surface area contributed by atoms with Crippen molar-refractivity contribution in [1.29, 1.82) is 0 Å². The van der Waals surface area contributed by atoms with Gasteiger partial charge in [-0.25, -0.2) is 14.6 Å². The standard InChI is InChI=1S/C25H27ClN6OS/c1-17(2)8-9-22-28-23(30-10-12-31(13-11-30)25(33)21-7-4-14-34-21)20-16-27-32(24(20)29-22)19-6-3-5-18(26)15-19/h3-7,14-17H,8-13H2,1-2H3. The Morgan fingerprint density at radius 1 is 1.12 bits per heavy atom. The van der Waals surface area contributed by atoms with Gasteiger partial charge in [0, 0.05) is 37.6 Å². The zero-order valence-electron chi connectivity index (χ0n) is 19.3. The zero-order valence-corrected chi connectivity index (χ0v) is 20.9. The number of fused-ring (bicyclic) bond motifs is 1. The second-order valence-electron chi connectivity index (χ2n) is 8.93. The number of aryl methyl sites for hydroxylation is 1. The molecule has 34 heavy (non-hydrogen) atoms. The van der Waals surface area contributed by atoms with E-state index in [1.54, 1.807) is 0 Å². The molecule has 0 N–H and O–H groups in total. The molecule has 1 saturated heterocycles. The van der Waals surface area contributed by atoms with Gasteiger partial charge in [0.25, 0.3) is 5.91 Å². The summed E-state index contributed by atoms with van der Waals surface area (Å²) in [5.74, 6) is 2.37. The Bertz CT molecular complexity index is 1290. The Hall–Kier alpha value is -2.97. The Balaban J connectivity index is 1.47. The number of rotatable bonds is 6. The van der Waals surface area contributed by atoms with Crippen LogP contribution in [0.25, 0.3) is 16.7 Å². The van der Waals surface area contributed by atoms with Gasteiger partial charge in [0.2, 0.25) is 0 Å². The maximum absolute atomic E-state index is 12.8. The zero-order chi connectivity index (χ0) is 23.7. The van der Waals surface area contributed by atoms with Gasteiger partial charge in [-0.3, -0.25) is 4.79 Å². The highest BCUT2D eigenvalue weighted by Gasteiger charge is 2.26. The molecule has 1 aliphatic heterocycles. The van der Waals surface area contributed by atoms with Crippen molar-refractivity contribution in [2.45, 2.75) is 26.7 Å². The Morgan fingerprint density at radius 3 is 2.65 bits per heavy atom. The summed E-state index contributed by atoms with van der Waals surface area (Å²) < 4.78 is 1.84. The Kier molecular flexibility index (Phi) is 6.52. The van der Waals surface area contributed by atoms with Crippen LogP contribution in [-0.2, 0) is 6.42 Å². The van der Waals surface area contributed by atoms with Gasteiger partial charge >= 0.3 is 0 Å². The fraction of sp³-hybridized carbons (Fsp3) is 0.360. The van der Waals surface area contributed by atoms with Gasteiger partial charge in [-0.15, -0.1) is 11.3 Å². The Morgan fingerprint density at radius 2 is 1.94 bits per heavy atom. The van der Waals surface area contributed by atoms with E-state index in [4.69, 9.17) is 21.6 Å². The minimum Gasteiger partial charge on any atom is -0.352 e. The number of thiophene rings is 1. The van der Waals surface area contributed by atoms with Crippen LogP contribution in [0.3, 0.4) is 0 Å². The first kappa shape index (κ1) is 22.8. The van der Waals surface area contributed by atoms with Crippen molar-refractivity contribution in [1.82, 2.24) is 24.6 Å². The monoisotopic (exact) mass is 494 g/mol. The van der Waals surface area contributed by atoms with Crippen LogP contribution in [0.15, 0.2) is 48.0 Å². The molecule has 0 spiro atoms. The summed E-state index contributed by atoms with van der Waals surface area (Å²) in [6, 6.07) is 11.4. The molecule has 9 heteroatoms. The number of piperazine rings is 1. The summed E-state index contributed by atoms with van der Waals surface area (Å²) in [4.78, 5) is 27.6. The van der Waals surface area contributed by atoms with Gasteiger partial charge in [0.15, 0.2) is 5.65 Å². The molecule has 4 aromatic rings. The van der Waals surface area contributed by atoms with Gasteiger partial charge in [-0.2, -0.15) is 5.10 Å². The lowest BCUT2D eigenvalue weighted by Gasteiger charge is -2.35. The summed E-state index contributed by atoms with van der Waals surface area (Å²) in [5, 5.41) is 8.15. The summed E-state index contributed by atoms with van der Waals surface area (Å²) in [6.07, 6.45) is 3.65. The van der Waals surface area contributed by atoms with Gasteiger partial charge in [0.05, 0.1) is 22.1 Å². The van der Waals surface area contributed by atoms with Crippen LogP contribution in [-0.4, -0.2) is 56.7 Å². The van der Waals surface area contributed by atoms with E-state index in [0.29, 0.717) is 24.0 Å². The molecule has 7 nitrogen and oxygen atoms in total. The molecule has 4 heterocycles. The van der Waals surface area contributed by atoms with Crippen LogP contribution in [0.4, 0.5) is 5.82 Å². The number of carbonyl (C=O) groups is 1. The number of halogens is 1. The molecular weight excluding hydrogens is 468 g/mol. The second kappa shape index (κ2) is 9.72. The molecule has 0 saturated carbocycles. The first-order valence-corrected chi connectivity index (χ1v) is 12.8. The average Bonchev–Trinajstić information content (AvgIpc) is 3.52. The topological polar surface area (TPSA) is 67.2 Å². The molecule has 1 amide bonds. The lowest BCUT2D eigenvalue weighted by molar-refractivity contribution is 0.0751. The minimum absolute atomic E-state index is 0.105. The van der Waals surface area contributed by atoms with E-state index < -0.39 is 0 Å². The fourth-order valence-corrected chi connectivity index (χ4v) is 5.06. The highest BCUT2D eigenvalue weighted by molar-refractivity contribution is 7.12. The van der Waals surface area contributed by atoms with Crippen LogP contribution in [0.5, 0.6) is 0 Å². The van der Waals surface area contributed by atoms with E-state index in [1.165, 1.54) is 11.3 Å². The quantitative estimate of drug-likeness (QED) is 0.374. The molecule has 176 valence electrons. The summed E-state index contributed by atoms with van der Waals surface area (Å²) in [7, 11) is 0. The molecular formula is C25H27ClN6OS. The second-order valence-corrected chi connectivity index (χ2v) is 10.3. The number of benzene rings is 1. The predicted octanol–water partition coefficient (Wildman–Crippen LogP) is 5.08. The summed E-state index contributed by atoms with van der Waals surface area (Å²) in [5.41, 5.74) is 1.65. The normalized spacial score (nSPS) is 14.4. The van der Waals surface area contributed by atoms with Crippen molar-refractivity contribution in [3.63, 3.8) is 0 Å². The van der Waals surface area contributed by atoms with Gasteiger partial charge in [-0.1, -0.05) is 37.6 Å². The van der Waals surface area contributed by atoms with E-state index >= 15 is 0 Å². The van der Waals surface area contributed by atoms with Crippen molar-refractivity contribution in [2.75, 3.05) is 31.1 Å². The predicted molar refractivity (Wildman–Crippen MR) is 137 cm³/mol. The smallest absolute Gasteiger partial charge is 0.264 e. The third-order valence-corrected chi connectivity index (χ3v) is 7.14. The molecule has 0 aliphatic carbocycles. The van der Waals surface area contributed by atoms with Crippen molar-refractivity contribution in [2.24, 2.45) is 5.92 Å². The van der Waals surface area contributed by atoms with Crippen molar-refractivity contribution < 1.29 is 4.79 Å². The molecule has 0 atom stereocenters. The summed E-state index contributed by atoms with van der Waals surface area (Å²) in [6.45, 7) is 7.17. The van der Waals surface area contributed by atoms with E-state index in [2.05, 4.69) is 23.8 Å². The highest BCUT2D eigenvalue weighted by Crippen LogP contribution is 2.28. The van der Waals surface area contributed by atoms with Gasteiger partial charge < -0.3 is 9.80 Å². The molecule has 0 unspecified atom stereocenters. The van der Waals surface area contributed by atoms with E-state index in [-0.39, 0.29) is 5.91 Å². The molecule has 1 aromatic carbocycles. The van der Waals surface area contributed by atoms with Crippen LogP contribution < -0.4 is 4.90 Å². The number of hydrogen-bond donors (Lipinski definition) is 0. The first-order valence-electron chi connectivity index (χ1n) is 11.6. The number of hydrogen-bond acceptors (Lipinski definition) is 6. The van der Waals surface area contributed by atoms with Crippen molar-refractivity contribution >= 4 is 45.7 Å². The summed E-state index contributed by atoms with van der Waals surface area (Å²) >= 11 is 7.73. The van der Waals surface area contributed by atoms with Gasteiger partial charge in [0.1, 0.15) is 11.6 Å².